The Morgan fingerprint density at radius 2 is 1.69 bits per heavy atom. The first-order valence-corrected chi connectivity index (χ1v) is 10.3. The van der Waals surface area contributed by atoms with Crippen LogP contribution in [-0.4, -0.2) is 15.4 Å². The van der Waals surface area contributed by atoms with Crippen LogP contribution in [0.1, 0.15) is 16.8 Å². The molecule has 0 radical (unpaired) electrons. The lowest BCUT2D eigenvalue weighted by Gasteiger charge is -2.10. The molecule has 7 nitrogen and oxygen atoms in total. The number of carbonyl (C=O) groups excluding carboxylic acids is 1. The van der Waals surface area contributed by atoms with Gasteiger partial charge in [-0.2, -0.15) is 0 Å². The number of rotatable bonds is 5. The molecule has 2 aromatic carbocycles. The van der Waals surface area contributed by atoms with Crippen molar-refractivity contribution in [3.05, 3.63) is 99.1 Å². The molecule has 2 heterocycles. The Morgan fingerprint density at radius 3 is 2.44 bits per heavy atom. The molecule has 2 aromatic heterocycles. The number of aromatic nitrogens is 2. The van der Waals surface area contributed by atoms with E-state index in [2.05, 4.69) is 15.6 Å². The Kier molecular flexibility index (Phi) is 6.09. The Bertz CT molecular complexity index is 1350. The lowest BCUT2D eigenvalue weighted by Crippen LogP contribution is -2.19. The van der Waals surface area contributed by atoms with E-state index in [-0.39, 0.29) is 18.2 Å². The molecule has 0 unspecified atom stereocenters. The number of aryl methyl sites for hydroxylation is 2. The van der Waals surface area contributed by atoms with E-state index in [0.717, 1.165) is 11.3 Å². The minimum absolute atomic E-state index is 0.133. The normalized spacial score (nSPS) is 10.7. The molecule has 0 aliphatic carbocycles. The fourth-order valence-corrected chi connectivity index (χ4v) is 3.26. The first-order valence-electron chi connectivity index (χ1n) is 9.93. The monoisotopic (exact) mass is 448 g/mol. The molecule has 4 rings (SSSR count). The molecular formula is C24H21ClN4O3. The summed E-state index contributed by atoms with van der Waals surface area (Å²) in [6.45, 7) is 4.15. The van der Waals surface area contributed by atoms with Crippen molar-refractivity contribution in [1.82, 2.24) is 9.38 Å². The van der Waals surface area contributed by atoms with Crippen molar-refractivity contribution in [1.29, 1.82) is 0 Å². The van der Waals surface area contributed by atoms with Crippen LogP contribution in [0.2, 0.25) is 5.02 Å². The first-order chi connectivity index (χ1) is 15.4. The molecule has 8 heteroatoms. The molecule has 2 amide bonds. The third-order valence-corrected chi connectivity index (χ3v) is 5.16. The molecule has 0 saturated carbocycles. The van der Waals surface area contributed by atoms with Crippen molar-refractivity contribution in [2.45, 2.75) is 20.5 Å². The zero-order valence-corrected chi connectivity index (χ0v) is 18.3. The molecule has 0 spiro atoms. The molecule has 0 aliphatic rings. The molecule has 32 heavy (non-hydrogen) atoms. The van der Waals surface area contributed by atoms with Gasteiger partial charge in [0, 0.05) is 23.6 Å². The molecule has 4 aromatic rings. The average molecular weight is 449 g/mol. The van der Waals surface area contributed by atoms with E-state index in [1.165, 1.54) is 22.2 Å². The van der Waals surface area contributed by atoms with E-state index in [9.17, 15) is 9.59 Å². The lowest BCUT2D eigenvalue weighted by molar-refractivity contribution is 0.262. The number of hydrogen-bond donors (Lipinski definition) is 2. The summed E-state index contributed by atoms with van der Waals surface area (Å²) in [6.07, 6.45) is 1.53. The van der Waals surface area contributed by atoms with Gasteiger partial charge in [0.2, 0.25) is 0 Å². The number of fused-ring (bicyclic) bond motifs is 1. The lowest BCUT2D eigenvalue weighted by atomic mass is 10.1. The van der Waals surface area contributed by atoms with Crippen LogP contribution in [0.15, 0.2) is 71.7 Å². The smallest absolute Gasteiger partial charge is 0.323 e. The standard InChI is InChI=1S/C24H21ClN4O3/c1-15-3-5-19(11-16(15)2)28-24(31)27-18-6-8-21(9-7-18)32-14-20-12-23(30)29-13-17(25)4-10-22(29)26-20/h3-13H,14H2,1-2H3,(H2,27,28,31). The van der Waals surface area contributed by atoms with Crippen LogP contribution in [0.25, 0.3) is 5.65 Å². The zero-order chi connectivity index (χ0) is 22.7. The highest BCUT2D eigenvalue weighted by Gasteiger charge is 2.06. The zero-order valence-electron chi connectivity index (χ0n) is 17.6. The van der Waals surface area contributed by atoms with Crippen molar-refractivity contribution in [3.63, 3.8) is 0 Å². The quantitative estimate of drug-likeness (QED) is 0.440. The maximum atomic E-state index is 12.2. The van der Waals surface area contributed by atoms with E-state index in [4.69, 9.17) is 16.3 Å². The summed E-state index contributed by atoms with van der Waals surface area (Å²) >= 11 is 5.93. The Labute approximate surface area is 189 Å². The Morgan fingerprint density at radius 1 is 0.969 bits per heavy atom. The Hall–Kier alpha value is -3.84. The van der Waals surface area contributed by atoms with Gasteiger partial charge in [-0.1, -0.05) is 17.7 Å². The maximum Gasteiger partial charge on any atom is 0.323 e. The highest BCUT2D eigenvalue weighted by atomic mass is 35.5. The number of ether oxygens (including phenoxy) is 1. The predicted molar refractivity (Wildman–Crippen MR) is 126 cm³/mol. The molecular weight excluding hydrogens is 428 g/mol. The van der Waals surface area contributed by atoms with Crippen molar-refractivity contribution >= 4 is 34.7 Å². The van der Waals surface area contributed by atoms with Crippen molar-refractivity contribution in [2.24, 2.45) is 0 Å². The summed E-state index contributed by atoms with van der Waals surface area (Å²) in [4.78, 5) is 28.9. The van der Waals surface area contributed by atoms with E-state index >= 15 is 0 Å². The number of carbonyl (C=O) groups is 1. The highest BCUT2D eigenvalue weighted by Crippen LogP contribution is 2.18. The fourth-order valence-electron chi connectivity index (χ4n) is 3.10. The second kappa shape index (κ2) is 9.11. The van der Waals surface area contributed by atoms with Crippen LogP contribution in [0, 0.1) is 13.8 Å². The second-order valence-corrected chi connectivity index (χ2v) is 7.79. The third kappa shape index (κ3) is 5.07. The molecule has 0 saturated heterocycles. The number of urea groups is 1. The van der Waals surface area contributed by atoms with Gasteiger partial charge in [-0.25, -0.2) is 9.78 Å². The molecule has 162 valence electrons. The SMILES string of the molecule is Cc1ccc(NC(=O)Nc2ccc(OCc3cc(=O)n4cc(Cl)ccc4n3)cc2)cc1C. The molecule has 0 atom stereocenters. The largest absolute Gasteiger partial charge is 0.487 e. The third-order valence-electron chi connectivity index (χ3n) is 4.94. The van der Waals surface area contributed by atoms with Crippen LogP contribution < -0.4 is 20.9 Å². The van der Waals surface area contributed by atoms with Gasteiger partial charge in [-0.05, 0) is 73.5 Å². The van der Waals surface area contributed by atoms with Gasteiger partial charge < -0.3 is 15.4 Å². The van der Waals surface area contributed by atoms with Gasteiger partial charge in [0.1, 0.15) is 18.0 Å². The number of amides is 2. The highest BCUT2D eigenvalue weighted by molar-refractivity contribution is 6.30. The number of halogens is 1. The van der Waals surface area contributed by atoms with Gasteiger partial charge in [-0.3, -0.25) is 9.20 Å². The number of nitrogens with one attached hydrogen (secondary N) is 2. The van der Waals surface area contributed by atoms with Crippen LogP contribution >= 0.6 is 11.6 Å². The summed E-state index contributed by atoms with van der Waals surface area (Å²) in [5.41, 5.74) is 4.40. The second-order valence-electron chi connectivity index (χ2n) is 7.35. The van der Waals surface area contributed by atoms with Crippen LogP contribution in [-0.2, 0) is 6.61 Å². The van der Waals surface area contributed by atoms with Crippen LogP contribution in [0.4, 0.5) is 16.2 Å². The number of pyridine rings is 1. The van der Waals surface area contributed by atoms with Gasteiger partial charge in [0.05, 0.1) is 10.7 Å². The Balaban J connectivity index is 1.36. The fraction of sp³-hybridized carbons (Fsp3) is 0.125. The number of anilines is 2. The van der Waals surface area contributed by atoms with Gasteiger partial charge in [-0.15, -0.1) is 0 Å². The number of nitrogens with zero attached hydrogens (tertiary/aromatic N) is 2. The van der Waals surface area contributed by atoms with Crippen molar-refractivity contribution < 1.29 is 9.53 Å². The number of benzene rings is 2. The average Bonchev–Trinajstić information content (AvgIpc) is 2.76. The molecule has 0 aliphatic heterocycles. The molecule has 2 N–H and O–H groups in total. The first kappa shape index (κ1) is 21.4. The van der Waals surface area contributed by atoms with E-state index < -0.39 is 0 Å². The molecule has 0 bridgehead atoms. The van der Waals surface area contributed by atoms with Crippen LogP contribution in [0.5, 0.6) is 5.75 Å². The van der Waals surface area contributed by atoms with Gasteiger partial charge in [0.25, 0.3) is 5.56 Å². The van der Waals surface area contributed by atoms with E-state index in [1.54, 1.807) is 36.4 Å². The van der Waals surface area contributed by atoms with Gasteiger partial charge in [0.15, 0.2) is 0 Å². The number of hydrogen-bond acceptors (Lipinski definition) is 4. The van der Waals surface area contributed by atoms with Crippen LogP contribution in [0.3, 0.4) is 0 Å². The summed E-state index contributed by atoms with van der Waals surface area (Å²) < 4.78 is 7.12. The van der Waals surface area contributed by atoms with Gasteiger partial charge >= 0.3 is 6.03 Å². The van der Waals surface area contributed by atoms with E-state index in [0.29, 0.717) is 27.8 Å². The van der Waals surface area contributed by atoms with Crippen molar-refractivity contribution in [3.8, 4) is 5.75 Å². The topological polar surface area (TPSA) is 84.7 Å². The maximum absolute atomic E-state index is 12.2. The summed E-state index contributed by atoms with van der Waals surface area (Å²) in [7, 11) is 0. The summed E-state index contributed by atoms with van der Waals surface area (Å²) in [5.74, 6) is 0.586. The minimum Gasteiger partial charge on any atom is -0.487 e. The minimum atomic E-state index is -0.331. The molecule has 0 fully saturated rings. The summed E-state index contributed by atoms with van der Waals surface area (Å²) in [6, 6.07) is 17.1. The van der Waals surface area contributed by atoms with E-state index in [1.807, 2.05) is 32.0 Å². The summed E-state index contributed by atoms with van der Waals surface area (Å²) in [5, 5.41) is 6.06. The predicted octanol–water partition coefficient (Wildman–Crippen LogP) is 5.19. The van der Waals surface area contributed by atoms with Crippen molar-refractivity contribution in [2.75, 3.05) is 10.6 Å².